The average molecular weight is 192 g/mol. The van der Waals surface area contributed by atoms with Crippen molar-refractivity contribution in [2.24, 2.45) is 0 Å². The van der Waals surface area contributed by atoms with Crippen LogP contribution in [0.1, 0.15) is 31.9 Å². The normalized spacial score (nSPS) is 9.79. The molecular weight excluding hydrogens is 176 g/mol. The number of unbranched alkanes of at least 4 members (excludes halogenated alkanes) is 1. The van der Waals surface area contributed by atoms with Crippen molar-refractivity contribution in [1.82, 2.24) is 10.3 Å². The highest BCUT2D eigenvalue weighted by Gasteiger charge is 1.99. The van der Waals surface area contributed by atoms with E-state index in [0.717, 1.165) is 18.5 Å². The number of hydrogen-bond donors (Lipinski definition) is 1. The first kappa shape index (κ1) is 10.7. The molecular formula is C11H16N2O. The summed E-state index contributed by atoms with van der Waals surface area (Å²) in [4.78, 5) is 15.4. The van der Waals surface area contributed by atoms with Crippen LogP contribution in [-0.2, 0) is 11.3 Å². The molecule has 0 aliphatic carbocycles. The van der Waals surface area contributed by atoms with E-state index in [4.69, 9.17) is 0 Å². The molecule has 1 N–H and O–H groups in total. The molecule has 3 nitrogen and oxygen atoms in total. The summed E-state index contributed by atoms with van der Waals surface area (Å²) in [5.41, 5.74) is 0.900. The molecule has 1 amide bonds. The number of amides is 1. The first-order valence-electron chi connectivity index (χ1n) is 4.99. The van der Waals surface area contributed by atoms with Gasteiger partial charge in [-0.05, 0) is 18.6 Å². The van der Waals surface area contributed by atoms with Gasteiger partial charge in [-0.2, -0.15) is 0 Å². The van der Waals surface area contributed by atoms with E-state index < -0.39 is 0 Å². The minimum absolute atomic E-state index is 0.109. The SMILES string of the molecule is CCCCC(=O)NCc1ccccn1. The van der Waals surface area contributed by atoms with E-state index in [1.165, 1.54) is 0 Å². The summed E-state index contributed by atoms with van der Waals surface area (Å²) in [6.07, 6.45) is 4.35. The second-order valence-corrected chi connectivity index (χ2v) is 3.20. The van der Waals surface area contributed by atoms with E-state index in [1.807, 2.05) is 18.2 Å². The lowest BCUT2D eigenvalue weighted by molar-refractivity contribution is -0.121. The van der Waals surface area contributed by atoms with Gasteiger partial charge in [-0.25, -0.2) is 0 Å². The lowest BCUT2D eigenvalue weighted by atomic mass is 10.2. The van der Waals surface area contributed by atoms with Crippen LogP contribution in [0.3, 0.4) is 0 Å². The van der Waals surface area contributed by atoms with Crippen molar-refractivity contribution in [3.8, 4) is 0 Å². The molecule has 0 aromatic carbocycles. The maximum Gasteiger partial charge on any atom is 0.220 e. The van der Waals surface area contributed by atoms with Crippen molar-refractivity contribution in [1.29, 1.82) is 0 Å². The van der Waals surface area contributed by atoms with Crippen molar-refractivity contribution < 1.29 is 4.79 Å². The van der Waals surface area contributed by atoms with Gasteiger partial charge in [-0.1, -0.05) is 19.4 Å². The third kappa shape index (κ3) is 4.03. The zero-order valence-electron chi connectivity index (χ0n) is 8.49. The predicted octanol–water partition coefficient (Wildman–Crippen LogP) is 1.89. The van der Waals surface area contributed by atoms with Crippen LogP contribution < -0.4 is 5.32 Å². The number of aromatic nitrogens is 1. The number of carbonyl (C=O) groups is 1. The summed E-state index contributed by atoms with van der Waals surface area (Å²) in [7, 11) is 0. The standard InChI is InChI=1S/C11H16N2O/c1-2-3-7-11(14)13-9-10-6-4-5-8-12-10/h4-6,8H,2-3,7,9H2,1H3,(H,13,14). The Morgan fingerprint density at radius 1 is 1.50 bits per heavy atom. The monoisotopic (exact) mass is 192 g/mol. The maximum absolute atomic E-state index is 11.2. The lowest BCUT2D eigenvalue weighted by Gasteiger charge is -2.03. The van der Waals surface area contributed by atoms with Gasteiger partial charge in [0, 0.05) is 12.6 Å². The van der Waals surface area contributed by atoms with Crippen molar-refractivity contribution in [3.63, 3.8) is 0 Å². The number of pyridine rings is 1. The van der Waals surface area contributed by atoms with Crippen LogP contribution in [0.2, 0.25) is 0 Å². The Morgan fingerprint density at radius 3 is 3.00 bits per heavy atom. The molecule has 0 atom stereocenters. The largest absolute Gasteiger partial charge is 0.350 e. The molecule has 14 heavy (non-hydrogen) atoms. The van der Waals surface area contributed by atoms with Gasteiger partial charge < -0.3 is 5.32 Å². The Bertz CT molecular complexity index is 272. The van der Waals surface area contributed by atoms with Crippen LogP contribution in [-0.4, -0.2) is 10.9 Å². The van der Waals surface area contributed by atoms with E-state index in [9.17, 15) is 4.79 Å². The first-order chi connectivity index (χ1) is 6.83. The van der Waals surface area contributed by atoms with Crippen LogP contribution >= 0.6 is 0 Å². The van der Waals surface area contributed by atoms with E-state index in [1.54, 1.807) is 6.20 Å². The number of nitrogens with zero attached hydrogens (tertiary/aromatic N) is 1. The summed E-state index contributed by atoms with van der Waals surface area (Å²) in [6, 6.07) is 5.68. The van der Waals surface area contributed by atoms with Crippen LogP contribution in [0.15, 0.2) is 24.4 Å². The molecule has 1 aromatic heterocycles. The van der Waals surface area contributed by atoms with Gasteiger partial charge in [-0.15, -0.1) is 0 Å². The minimum Gasteiger partial charge on any atom is -0.350 e. The molecule has 0 bridgehead atoms. The smallest absolute Gasteiger partial charge is 0.220 e. The molecule has 0 unspecified atom stereocenters. The second kappa shape index (κ2) is 6.13. The molecule has 1 aromatic rings. The predicted molar refractivity (Wildman–Crippen MR) is 55.6 cm³/mol. The van der Waals surface area contributed by atoms with Gasteiger partial charge in [0.2, 0.25) is 5.91 Å². The quantitative estimate of drug-likeness (QED) is 0.774. The van der Waals surface area contributed by atoms with Gasteiger partial charge in [0.1, 0.15) is 0 Å². The Kier molecular flexibility index (Phi) is 4.69. The molecule has 0 saturated heterocycles. The van der Waals surface area contributed by atoms with E-state index in [2.05, 4.69) is 17.2 Å². The molecule has 3 heteroatoms. The van der Waals surface area contributed by atoms with Crippen molar-refractivity contribution in [3.05, 3.63) is 30.1 Å². The van der Waals surface area contributed by atoms with E-state index in [0.29, 0.717) is 13.0 Å². The van der Waals surface area contributed by atoms with Gasteiger partial charge in [0.25, 0.3) is 0 Å². The highest BCUT2D eigenvalue weighted by atomic mass is 16.1. The van der Waals surface area contributed by atoms with E-state index in [-0.39, 0.29) is 5.91 Å². The third-order valence-electron chi connectivity index (χ3n) is 1.95. The van der Waals surface area contributed by atoms with Gasteiger partial charge in [0.15, 0.2) is 0 Å². The molecule has 76 valence electrons. The highest BCUT2D eigenvalue weighted by molar-refractivity contribution is 5.75. The fraction of sp³-hybridized carbons (Fsp3) is 0.455. The van der Waals surface area contributed by atoms with Crippen LogP contribution in [0.25, 0.3) is 0 Å². The first-order valence-corrected chi connectivity index (χ1v) is 4.99. The number of rotatable bonds is 5. The Hall–Kier alpha value is -1.38. The molecule has 1 heterocycles. The fourth-order valence-electron chi connectivity index (χ4n) is 1.12. The van der Waals surface area contributed by atoms with Crippen molar-refractivity contribution in [2.45, 2.75) is 32.7 Å². The Morgan fingerprint density at radius 2 is 2.36 bits per heavy atom. The number of hydrogen-bond acceptors (Lipinski definition) is 2. The zero-order valence-corrected chi connectivity index (χ0v) is 8.49. The molecule has 0 aliphatic rings. The minimum atomic E-state index is 0.109. The topological polar surface area (TPSA) is 42.0 Å². The molecule has 0 fully saturated rings. The molecule has 0 aliphatic heterocycles. The summed E-state index contributed by atoms with van der Waals surface area (Å²) in [5, 5.41) is 2.83. The lowest BCUT2D eigenvalue weighted by Crippen LogP contribution is -2.22. The number of carbonyl (C=O) groups excluding carboxylic acids is 1. The summed E-state index contributed by atoms with van der Waals surface area (Å²) < 4.78 is 0. The molecule has 0 radical (unpaired) electrons. The number of nitrogens with one attached hydrogen (secondary N) is 1. The van der Waals surface area contributed by atoms with Gasteiger partial charge in [-0.3, -0.25) is 9.78 Å². The van der Waals surface area contributed by atoms with Crippen LogP contribution in [0, 0.1) is 0 Å². The van der Waals surface area contributed by atoms with Crippen LogP contribution in [0.5, 0.6) is 0 Å². The summed E-state index contributed by atoms with van der Waals surface area (Å²) in [5.74, 6) is 0.109. The summed E-state index contributed by atoms with van der Waals surface area (Å²) in [6.45, 7) is 2.61. The third-order valence-corrected chi connectivity index (χ3v) is 1.95. The van der Waals surface area contributed by atoms with Crippen molar-refractivity contribution in [2.75, 3.05) is 0 Å². The zero-order chi connectivity index (χ0) is 10.2. The fourth-order valence-corrected chi connectivity index (χ4v) is 1.12. The Labute approximate surface area is 84.6 Å². The highest BCUT2D eigenvalue weighted by Crippen LogP contribution is 1.95. The van der Waals surface area contributed by atoms with E-state index >= 15 is 0 Å². The molecule has 1 rings (SSSR count). The molecule has 0 saturated carbocycles. The average Bonchev–Trinajstić information content (AvgIpc) is 2.25. The summed E-state index contributed by atoms with van der Waals surface area (Å²) >= 11 is 0. The maximum atomic E-state index is 11.2. The van der Waals surface area contributed by atoms with Crippen LogP contribution in [0.4, 0.5) is 0 Å². The second-order valence-electron chi connectivity index (χ2n) is 3.20. The Balaban J connectivity index is 2.24. The molecule has 0 spiro atoms. The van der Waals surface area contributed by atoms with Gasteiger partial charge in [0.05, 0.1) is 12.2 Å². The van der Waals surface area contributed by atoms with Crippen molar-refractivity contribution >= 4 is 5.91 Å². The van der Waals surface area contributed by atoms with Gasteiger partial charge >= 0.3 is 0 Å².